The third kappa shape index (κ3) is 2.05. The van der Waals surface area contributed by atoms with Crippen molar-refractivity contribution in [2.24, 2.45) is 14.1 Å². The van der Waals surface area contributed by atoms with Gasteiger partial charge in [-0.15, -0.1) is 0 Å². The minimum Gasteiger partial charge on any atom is -0.332 e. The quantitative estimate of drug-likeness (QED) is 0.784. The number of hydrogen-bond donors (Lipinski definition) is 0. The predicted octanol–water partition coefficient (Wildman–Crippen LogP) is 0.321. The second kappa shape index (κ2) is 4.72. The molecule has 0 aromatic carbocycles. The van der Waals surface area contributed by atoms with E-state index < -0.39 is 5.69 Å². The van der Waals surface area contributed by atoms with E-state index in [2.05, 4.69) is 16.9 Å². The summed E-state index contributed by atoms with van der Waals surface area (Å²) in [4.78, 5) is 31.6. The summed E-state index contributed by atoms with van der Waals surface area (Å²) in [6.07, 6.45) is 4.73. The van der Waals surface area contributed by atoms with Gasteiger partial charge in [-0.1, -0.05) is 13.3 Å². The average molecular weight is 248 g/mol. The normalized spacial score (nSPS) is 11.1. The molecule has 2 aliphatic rings. The SMILES string of the molecule is CCCCc1cn(C)c2nc(=O)n(C)c(=O)c-2n1. The molecule has 0 unspecified atom stereocenters. The van der Waals surface area contributed by atoms with Crippen LogP contribution < -0.4 is 11.2 Å². The number of fused-ring (bicyclic) bond motifs is 1. The molecule has 6 nitrogen and oxygen atoms in total. The van der Waals surface area contributed by atoms with Gasteiger partial charge in [0.05, 0.1) is 5.69 Å². The zero-order valence-corrected chi connectivity index (χ0v) is 10.8. The van der Waals surface area contributed by atoms with Crippen molar-refractivity contribution in [3.8, 4) is 11.5 Å². The highest BCUT2D eigenvalue weighted by molar-refractivity contribution is 5.49. The van der Waals surface area contributed by atoms with Crippen LogP contribution in [-0.2, 0) is 20.5 Å². The lowest BCUT2D eigenvalue weighted by molar-refractivity contribution is 0.713. The van der Waals surface area contributed by atoms with E-state index in [9.17, 15) is 9.59 Å². The van der Waals surface area contributed by atoms with Gasteiger partial charge in [0, 0.05) is 20.3 Å². The van der Waals surface area contributed by atoms with Crippen LogP contribution in [0.15, 0.2) is 15.8 Å². The Balaban J connectivity index is 2.68. The molecule has 0 atom stereocenters. The van der Waals surface area contributed by atoms with E-state index >= 15 is 0 Å². The van der Waals surface area contributed by atoms with Crippen molar-refractivity contribution in [2.75, 3.05) is 0 Å². The van der Waals surface area contributed by atoms with Gasteiger partial charge in [-0.25, -0.2) is 9.78 Å². The van der Waals surface area contributed by atoms with Gasteiger partial charge < -0.3 is 4.57 Å². The molecule has 0 fully saturated rings. The van der Waals surface area contributed by atoms with Crippen LogP contribution in [0.25, 0.3) is 11.5 Å². The monoisotopic (exact) mass is 248 g/mol. The molecule has 0 radical (unpaired) electrons. The number of aromatic nitrogens is 4. The lowest BCUT2D eigenvalue weighted by atomic mass is 10.2. The van der Waals surface area contributed by atoms with Crippen molar-refractivity contribution in [1.82, 2.24) is 19.1 Å². The molecule has 0 aromatic heterocycles. The first-order valence-electron chi connectivity index (χ1n) is 5.98. The van der Waals surface area contributed by atoms with Gasteiger partial charge >= 0.3 is 5.69 Å². The van der Waals surface area contributed by atoms with Gasteiger partial charge in [-0.2, -0.15) is 4.98 Å². The second-order valence-corrected chi connectivity index (χ2v) is 4.38. The van der Waals surface area contributed by atoms with Crippen LogP contribution in [0.4, 0.5) is 0 Å². The van der Waals surface area contributed by atoms with Gasteiger partial charge in [0.2, 0.25) is 0 Å². The smallest absolute Gasteiger partial charge is 0.332 e. The van der Waals surface area contributed by atoms with Crippen LogP contribution in [0, 0.1) is 0 Å². The Labute approximate surface area is 104 Å². The first-order valence-corrected chi connectivity index (χ1v) is 5.98. The number of aryl methyl sites for hydroxylation is 2. The summed E-state index contributed by atoms with van der Waals surface area (Å²) >= 11 is 0. The van der Waals surface area contributed by atoms with Gasteiger partial charge in [0.15, 0.2) is 11.5 Å². The number of rotatable bonds is 3. The Kier molecular flexibility index (Phi) is 3.27. The summed E-state index contributed by atoms with van der Waals surface area (Å²) in [6, 6.07) is 0. The molecule has 0 aromatic rings. The first-order chi connectivity index (χ1) is 8.54. The fourth-order valence-corrected chi connectivity index (χ4v) is 1.84. The Hall–Kier alpha value is -1.98. The van der Waals surface area contributed by atoms with E-state index in [1.165, 1.54) is 7.05 Å². The average Bonchev–Trinajstić information content (AvgIpc) is 2.35. The van der Waals surface area contributed by atoms with Crippen molar-refractivity contribution < 1.29 is 0 Å². The number of nitrogens with zero attached hydrogens (tertiary/aromatic N) is 4. The first kappa shape index (κ1) is 12.5. The van der Waals surface area contributed by atoms with E-state index in [-0.39, 0.29) is 11.3 Å². The fourth-order valence-electron chi connectivity index (χ4n) is 1.84. The highest BCUT2D eigenvalue weighted by atomic mass is 16.2. The molecular weight excluding hydrogens is 232 g/mol. The van der Waals surface area contributed by atoms with E-state index in [1.54, 1.807) is 11.6 Å². The molecule has 0 spiro atoms. The van der Waals surface area contributed by atoms with Crippen molar-refractivity contribution in [3.05, 3.63) is 32.7 Å². The molecule has 0 saturated heterocycles. The van der Waals surface area contributed by atoms with Crippen molar-refractivity contribution in [2.45, 2.75) is 26.2 Å². The van der Waals surface area contributed by atoms with Crippen LogP contribution in [0.1, 0.15) is 25.5 Å². The zero-order chi connectivity index (χ0) is 13.3. The minimum atomic E-state index is -0.550. The summed E-state index contributed by atoms with van der Waals surface area (Å²) in [5, 5.41) is 0. The predicted molar refractivity (Wildman–Crippen MR) is 67.7 cm³/mol. The van der Waals surface area contributed by atoms with Crippen LogP contribution in [0.3, 0.4) is 0 Å². The van der Waals surface area contributed by atoms with Crippen molar-refractivity contribution in [1.29, 1.82) is 0 Å². The summed E-state index contributed by atoms with van der Waals surface area (Å²) in [5.41, 5.74) is 0.169. The molecule has 0 amide bonds. The molecule has 0 bridgehead atoms. The molecule has 2 heterocycles. The van der Waals surface area contributed by atoms with Gasteiger partial charge in [0.1, 0.15) is 0 Å². The standard InChI is InChI=1S/C12H16N4O2/c1-4-5-6-8-7-15(2)10-9(13-8)11(17)16(3)12(18)14-10/h7H,4-6H2,1-3H3. The second-order valence-electron chi connectivity index (χ2n) is 4.38. The van der Waals surface area contributed by atoms with Crippen LogP contribution in [0.2, 0.25) is 0 Å². The van der Waals surface area contributed by atoms with Crippen molar-refractivity contribution in [3.63, 3.8) is 0 Å². The van der Waals surface area contributed by atoms with Gasteiger partial charge in [-0.3, -0.25) is 9.36 Å². The number of unbranched alkanes of at least 4 members (excludes halogenated alkanes) is 1. The van der Waals surface area contributed by atoms with Crippen LogP contribution in [-0.4, -0.2) is 19.1 Å². The van der Waals surface area contributed by atoms with Gasteiger partial charge in [-0.05, 0) is 12.8 Å². The molecular formula is C12H16N4O2. The van der Waals surface area contributed by atoms with E-state index in [0.29, 0.717) is 5.82 Å². The third-order valence-electron chi connectivity index (χ3n) is 2.93. The molecule has 18 heavy (non-hydrogen) atoms. The lowest BCUT2D eigenvalue weighted by Gasteiger charge is -2.12. The molecule has 6 heteroatoms. The topological polar surface area (TPSA) is 69.8 Å². The van der Waals surface area contributed by atoms with Crippen LogP contribution >= 0.6 is 0 Å². The maximum atomic E-state index is 12.0. The highest BCUT2D eigenvalue weighted by Crippen LogP contribution is 2.12. The van der Waals surface area contributed by atoms with Gasteiger partial charge in [0.25, 0.3) is 5.56 Å². The van der Waals surface area contributed by atoms with E-state index in [0.717, 1.165) is 29.5 Å². The van der Waals surface area contributed by atoms with Crippen LogP contribution in [0.5, 0.6) is 0 Å². The molecule has 0 aliphatic carbocycles. The largest absolute Gasteiger partial charge is 0.352 e. The Morgan fingerprint density at radius 2 is 1.94 bits per heavy atom. The fraction of sp³-hybridized carbons (Fsp3) is 0.500. The summed E-state index contributed by atoms with van der Waals surface area (Å²) in [6.45, 7) is 2.10. The third-order valence-corrected chi connectivity index (χ3v) is 2.93. The molecule has 96 valence electrons. The maximum absolute atomic E-state index is 12.0. The number of hydrogen-bond acceptors (Lipinski definition) is 4. The van der Waals surface area contributed by atoms with E-state index in [4.69, 9.17) is 0 Å². The Morgan fingerprint density at radius 1 is 1.22 bits per heavy atom. The molecule has 2 aliphatic heterocycles. The minimum absolute atomic E-state index is 0.258. The summed E-state index contributed by atoms with van der Waals surface area (Å²) in [5.74, 6) is 0.336. The van der Waals surface area contributed by atoms with E-state index in [1.807, 2.05) is 6.20 Å². The Bertz CT molecular complexity index is 656. The Morgan fingerprint density at radius 3 is 2.61 bits per heavy atom. The lowest BCUT2D eigenvalue weighted by Crippen LogP contribution is -2.36. The highest BCUT2D eigenvalue weighted by Gasteiger charge is 2.17. The molecule has 0 N–H and O–H groups in total. The summed E-state index contributed by atoms with van der Waals surface area (Å²) < 4.78 is 2.68. The van der Waals surface area contributed by atoms with Crippen molar-refractivity contribution >= 4 is 0 Å². The maximum Gasteiger partial charge on any atom is 0.352 e. The molecule has 2 rings (SSSR count). The zero-order valence-electron chi connectivity index (χ0n) is 10.8. The molecule has 0 saturated carbocycles. The summed E-state index contributed by atoms with van der Waals surface area (Å²) in [7, 11) is 3.18.